The molecule has 1 heterocycles. The van der Waals surface area contributed by atoms with Crippen LogP contribution in [0.3, 0.4) is 0 Å². The summed E-state index contributed by atoms with van der Waals surface area (Å²) in [5.74, 6) is 3.03. The van der Waals surface area contributed by atoms with Crippen LogP contribution < -0.4 is 5.43 Å². The number of carbonyl (C=O) groups is 1. The van der Waals surface area contributed by atoms with Gasteiger partial charge in [0, 0.05) is 28.2 Å². The van der Waals surface area contributed by atoms with Gasteiger partial charge in [-0.05, 0) is 48.3 Å². The molecule has 0 unspecified atom stereocenters. The molecule has 0 spiro atoms. The van der Waals surface area contributed by atoms with Crippen molar-refractivity contribution in [2.45, 2.75) is 44.6 Å². The Morgan fingerprint density at radius 2 is 1.84 bits per heavy atom. The molecule has 3 aliphatic rings. The molecular weight excluding hydrogens is 348 g/mol. The van der Waals surface area contributed by atoms with Crippen LogP contribution in [-0.2, 0) is 0 Å². The van der Waals surface area contributed by atoms with E-state index in [2.05, 4.69) is 43.4 Å². The summed E-state index contributed by atoms with van der Waals surface area (Å²) in [6.45, 7) is 7.02. The van der Waals surface area contributed by atoms with Gasteiger partial charge in [-0.25, -0.2) is 5.43 Å². The number of thioether (sulfide) groups is 2. The fraction of sp³-hybridized carbons (Fsp3) is 0.600. The van der Waals surface area contributed by atoms with Crippen molar-refractivity contribution in [2.75, 3.05) is 11.5 Å². The van der Waals surface area contributed by atoms with Crippen LogP contribution >= 0.6 is 23.5 Å². The molecule has 1 aliphatic heterocycles. The third-order valence-corrected chi connectivity index (χ3v) is 9.98. The number of benzene rings is 1. The average Bonchev–Trinajstić information content (AvgIpc) is 3.26. The summed E-state index contributed by atoms with van der Waals surface area (Å²) in [6.07, 6.45) is 3.50. The Morgan fingerprint density at radius 1 is 1.16 bits per heavy atom. The van der Waals surface area contributed by atoms with Crippen molar-refractivity contribution in [1.82, 2.24) is 5.43 Å². The van der Waals surface area contributed by atoms with Crippen LogP contribution in [0.5, 0.6) is 0 Å². The summed E-state index contributed by atoms with van der Waals surface area (Å²) in [5.41, 5.74) is 6.40. The van der Waals surface area contributed by atoms with Crippen molar-refractivity contribution in [1.29, 1.82) is 0 Å². The Hall–Kier alpha value is -0.940. The van der Waals surface area contributed by atoms with E-state index in [1.54, 1.807) is 0 Å². The lowest BCUT2D eigenvalue weighted by molar-refractivity contribution is 0.0954. The Morgan fingerprint density at radius 3 is 2.40 bits per heavy atom. The van der Waals surface area contributed by atoms with Gasteiger partial charge in [-0.1, -0.05) is 32.9 Å². The van der Waals surface area contributed by atoms with E-state index in [0.717, 1.165) is 6.42 Å². The SMILES string of the molecule is CC1(C)[C@@H]2CC[C@@]1(C)/C(=N/NC(=O)c1ccc(C3SCCS3)cc1)C2. The lowest BCUT2D eigenvalue weighted by atomic mass is 9.70. The normalized spacial score (nSPS) is 32.4. The molecular formula is C20H26N2OS2. The molecule has 2 aliphatic carbocycles. The third-order valence-electron chi connectivity index (χ3n) is 6.87. The van der Waals surface area contributed by atoms with Gasteiger partial charge < -0.3 is 0 Å². The summed E-state index contributed by atoms with van der Waals surface area (Å²) in [5, 5.41) is 4.56. The average molecular weight is 375 g/mol. The monoisotopic (exact) mass is 374 g/mol. The Bertz CT molecular complexity index is 707. The van der Waals surface area contributed by atoms with Gasteiger partial charge in [0.05, 0.1) is 4.58 Å². The lowest BCUT2D eigenvalue weighted by Crippen LogP contribution is -2.34. The largest absolute Gasteiger partial charge is 0.271 e. The zero-order valence-electron chi connectivity index (χ0n) is 15.2. The molecule has 1 saturated heterocycles. The van der Waals surface area contributed by atoms with Crippen LogP contribution in [-0.4, -0.2) is 23.1 Å². The smallest absolute Gasteiger partial charge is 0.267 e. The van der Waals surface area contributed by atoms with Crippen LogP contribution in [0.1, 0.15) is 60.5 Å². The second kappa shape index (κ2) is 6.34. The topological polar surface area (TPSA) is 41.5 Å². The molecule has 2 atom stereocenters. The maximum absolute atomic E-state index is 12.5. The minimum absolute atomic E-state index is 0.102. The zero-order chi connectivity index (χ0) is 17.7. The number of carbonyl (C=O) groups excluding carboxylic acids is 1. The zero-order valence-corrected chi connectivity index (χ0v) is 16.8. The summed E-state index contributed by atoms with van der Waals surface area (Å²) in [7, 11) is 0. The van der Waals surface area contributed by atoms with E-state index in [4.69, 9.17) is 0 Å². The number of hydrogen-bond acceptors (Lipinski definition) is 4. The molecule has 134 valence electrons. The van der Waals surface area contributed by atoms with Crippen LogP contribution in [0.15, 0.2) is 29.4 Å². The van der Waals surface area contributed by atoms with E-state index >= 15 is 0 Å². The Kier molecular flexibility index (Phi) is 4.43. The van der Waals surface area contributed by atoms with Crippen LogP contribution in [0, 0.1) is 16.7 Å². The predicted octanol–water partition coefficient (Wildman–Crippen LogP) is 5.10. The second-order valence-electron chi connectivity index (χ2n) is 8.19. The van der Waals surface area contributed by atoms with E-state index < -0.39 is 0 Å². The molecule has 2 saturated carbocycles. The number of nitrogens with one attached hydrogen (secondary N) is 1. The summed E-state index contributed by atoms with van der Waals surface area (Å²) in [6, 6.07) is 8.02. The predicted molar refractivity (Wildman–Crippen MR) is 108 cm³/mol. The lowest BCUT2D eigenvalue weighted by Gasteiger charge is -2.34. The Labute approximate surface area is 158 Å². The van der Waals surface area contributed by atoms with E-state index in [-0.39, 0.29) is 16.7 Å². The molecule has 3 fully saturated rings. The van der Waals surface area contributed by atoms with Gasteiger partial charge in [0.1, 0.15) is 0 Å². The molecule has 1 amide bonds. The van der Waals surface area contributed by atoms with Crippen molar-refractivity contribution in [3.05, 3.63) is 35.4 Å². The molecule has 0 aromatic heterocycles. The highest BCUT2D eigenvalue weighted by molar-refractivity contribution is 8.19. The van der Waals surface area contributed by atoms with Gasteiger partial charge in [-0.3, -0.25) is 4.79 Å². The Balaban J connectivity index is 1.44. The highest BCUT2D eigenvalue weighted by atomic mass is 32.2. The maximum atomic E-state index is 12.5. The fourth-order valence-corrected chi connectivity index (χ4v) is 7.48. The van der Waals surface area contributed by atoms with E-state index in [1.165, 1.54) is 35.6 Å². The van der Waals surface area contributed by atoms with Crippen molar-refractivity contribution >= 4 is 35.1 Å². The molecule has 1 N–H and O–H groups in total. The van der Waals surface area contributed by atoms with Crippen molar-refractivity contribution in [3.63, 3.8) is 0 Å². The van der Waals surface area contributed by atoms with Crippen LogP contribution in [0.4, 0.5) is 0 Å². The van der Waals surface area contributed by atoms with Crippen LogP contribution in [0.2, 0.25) is 0 Å². The number of rotatable bonds is 3. The van der Waals surface area contributed by atoms with Gasteiger partial charge >= 0.3 is 0 Å². The van der Waals surface area contributed by atoms with Gasteiger partial charge in [-0.2, -0.15) is 5.10 Å². The minimum Gasteiger partial charge on any atom is -0.267 e. The quantitative estimate of drug-likeness (QED) is 0.749. The number of hydrazone groups is 1. The number of nitrogens with zero attached hydrogens (tertiary/aromatic N) is 1. The standard InChI is InChI=1S/C20H26N2OS2/c1-19(2)15-8-9-20(19,3)16(12-15)21-22-17(23)13-4-6-14(7-5-13)18-24-10-11-25-18/h4-7,15,18H,8-12H2,1-3H3,(H,22,23)/b21-16+/t15-,20+/m1/s1. The first kappa shape index (κ1) is 17.5. The van der Waals surface area contributed by atoms with E-state index in [9.17, 15) is 4.79 Å². The molecule has 5 heteroatoms. The van der Waals surface area contributed by atoms with Gasteiger partial charge in [-0.15, -0.1) is 23.5 Å². The first-order valence-electron chi connectivity index (χ1n) is 9.12. The molecule has 3 nitrogen and oxygen atoms in total. The van der Waals surface area contributed by atoms with Gasteiger partial charge in [0.25, 0.3) is 5.91 Å². The molecule has 2 bridgehead atoms. The summed E-state index contributed by atoms with van der Waals surface area (Å²) >= 11 is 3.97. The van der Waals surface area contributed by atoms with E-state index in [1.807, 2.05) is 35.7 Å². The number of amides is 1. The first-order chi connectivity index (χ1) is 11.9. The molecule has 1 aromatic rings. The maximum Gasteiger partial charge on any atom is 0.271 e. The van der Waals surface area contributed by atoms with Crippen molar-refractivity contribution in [3.8, 4) is 0 Å². The van der Waals surface area contributed by atoms with Gasteiger partial charge in [0.2, 0.25) is 0 Å². The molecule has 25 heavy (non-hydrogen) atoms. The van der Waals surface area contributed by atoms with Crippen molar-refractivity contribution in [2.24, 2.45) is 21.8 Å². The summed E-state index contributed by atoms with van der Waals surface area (Å²) < 4.78 is 0.522. The van der Waals surface area contributed by atoms with Crippen molar-refractivity contribution < 1.29 is 4.79 Å². The molecule has 1 aromatic carbocycles. The first-order valence-corrected chi connectivity index (χ1v) is 11.2. The van der Waals surface area contributed by atoms with E-state index in [0.29, 0.717) is 16.1 Å². The second-order valence-corrected chi connectivity index (χ2v) is 10.9. The van der Waals surface area contributed by atoms with Crippen LogP contribution in [0.25, 0.3) is 0 Å². The summed E-state index contributed by atoms with van der Waals surface area (Å²) in [4.78, 5) is 12.5. The number of hydrogen-bond donors (Lipinski definition) is 1. The molecule has 0 radical (unpaired) electrons. The fourth-order valence-electron chi connectivity index (χ4n) is 4.62. The number of fused-ring (bicyclic) bond motifs is 2. The minimum atomic E-state index is -0.102. The highest BCUT2D eigenvalue weighted by Crippen LogP contribution is 2.63. The highest BCUT2D eigenvalue weighted by Gasteiger charge is 2.60. The van der Waals surface area contributed by atoms with Gasteiger partial charge in [0.15, 0.2) is 0 Å². The third kappa shape index (κ3) is 2.84. The molecule has 4 rings (SSSR count).